The summed E-state index contributed by atoms with van der Waals surface area (Å²) in [5.41, 5.74) is 3.49. The van der Waals surface area contributed by atoms with Gasteiger partial charge in [-0.2, -0.15) is 0 Å². The lowest BCUT2D eigenvalue weighted by Gasteiger charge is -2.15. The molecule has 1 aromatic heterocycles. The molecule has 0 spiro atoms. The van der Waals surface area contributed by atoms with Gasteiger partial charge < -0.3 is 0 Å². The van der Waals surface area contributed by atoms with E-state index in [4.69, 9.17) is 0 Å². The van der Waals surface area contributed by atoms with E-state index in [0.717, 1.165) is 12.1 Å². The van der Waals surface area contributed by atoms with E-state index in [2.05, 4.69) is 97.2 Å². The lowest BCUT2D eigenvalue weighted by Crippen LogP contribution is -2.32. The summed E-state index contributed by atoms with van der Waals surface area (Å²) in [6, 6.07) is 24.3. The second kappa shape index (κ2) is 6.76. The highest BCUT2D eigenvalue weighted by atomic mass is 14.9. The molecule has 1 heterocycles. The van der Waals surface area contributed by atoms with Gasteiger partial charge in [-0.3, -0.25) is 0 Å². The maximum absolute atomic E-state index is 4.46. The van der Waals surface area contributed by atoms with Crippen LogP contribution in [0, 0.1) is 0 Å². The van der Waals surface area contributed by atoms with Crippen molar-refractivity contribution in [3.05, 3.63) is 96.8 Å². The van der Waals surface area contributed by atoms with Gasteiger partial charge in [0, 0.05) is 18.6 Å². The lowest BCUT2D eigenvalue weighted by atomic mass is 9.88. The minimum atomic E-state index is 1.07. The Kier molecular flexibility index (Phi) is 4.09. The average Bonchev–Trinajstić information content (AvgIpc) is 2.76. The molecule has 0 aliphatic rings. The Balaban J connectivity index is 1.65. The Morgan fingerprint density at radius 1 is 0.786 bits per heavy atom. The lowest BCUT2D eigenvalue weighted by molar-refractivity contribution is -0.697. The Morgan fingerprint density at radius 3 is 2.14 bits per heavy atom. The van der Waals surface area contributed by atoms with Crippen molar-refractivity contribution in [2.45, 2.75) is 26.3 Å². The molecular weight excluding hydrogens is 338 g/mol. The van der Waals surface area contributed by atoms with Crippen molar-refractivity contribution in [3.8, 4) is 0 Å². The number of hydrogen-bond acceptors (Lipinski definition) is 0. The number of nitrogens with zero attached hydrogens (tertiary/aromatic N) is 1. The predicted octanol–water partition coefficient (Wildman–Crippen LogP) is 6.73. The van der Waals surface area contributed by atoms with E-state index in [0.29, 0.717) is 0 Å². The van der Waals surface area contributed by atoms with Crippen LogP contribution in [0.25, 0.3) is 37.9 Å². The molecule has 0 bridgehead atoms. The minimum absolute atomic E-state index is 1.07. The van der Waals surface area contributed by atoms with E-state index in [1.165, 1.54) is 56.3 Å². The number of aryl methyl sites for hydroxylation is 1. The highest BCUT2D eigenvalue weighted by molar-refractivity contribution is 6.24. The molecule has 1 heteroatoms. The summed E-state index contributed by atoms with van der Waals surface area (Å²) in [7, 11) is 0. The van der Waals surface area contributed by atoms with Gasteiger partial charge in [-0.15, -0.1) is 0 Å². The standard InChI is InChI=1S/C27H24N/c1-3-4-16-28-17-14-20(15-18-28)19(2)24-12-10-23-9-8-21-6-5-7-22-11-13-25(24)27(23)26(21)22/h5-15,17-18H,2-4,16H2,1H3/q+1. The summed E-state index contributed by atoms with van der Waals surface area (Å²) in [5.74, 6) is 0. The van der Waals surface area contributed by atoms with Gasteiger partial charge in [0.2, 0.25) is 0 Å². The highest BCUT2D eigenvalue weighted by Crippen LogP contribution is 2.38. The number of unbranched alkanes of at least 4 members (excludes halogenated alkanes) is 1. The summed E-state index contributed by atoms with van der Waals surface area (Å²) in [4.78, 5) is 0. The Hall–Kier alpha value is -3.19. The largest absolute Gasteiger partial charge is 0.205 e. The van der Waals surface area contributed by atoms with Crippen LogP contribution in [-0.2, 0) is 6.54 Å². The Morgan fingerprint density at radius 2 is 1.43 bits per heavy atom. The molecule has 0 N–H and O–H groups in total. The SMILES string of the molecule is C=C(c1cc[n+](CCCC)cc1)c1ccc2ccc3cccc4ccc1c2c34. The predicted molar refractivity (Wildman–Crippen MR) is 120 cm³/mol. The molecule has 0 unspecified atom stereocenters. The second-order valence-electron chi connectivity index (χ2n) is 7.63. The fourth-order valence-corrected chi connectivity index (χ4v) is 4.30. The number of hydrogen-bond donors (Lipinski definition) is 0. The van der Waals surface area contributed by atoms with Crippen molar-refractivity contribution in [1.82, 2.24) is 0 Å². The summed E-state index contributed by atoms with van der Waals surface area (Å²) in [5, 5.41) is 7.89. The van der Waals surface area contributed by atoms with Crippen molar-refractivity contribution in [2.24, 2.45) is 0 Å². The van der Waals surface area contributed by atoms with Gasteiger partial charge in [0.05, 0.1) is 0 Å². The molecule has 0 saturated heterocycles. The molecule has 136 valence electrons. The third-order valence-electron chi connectivity index (χ3n) is 5.86. The zero-order valence-corrected chi connectivity index (χ0v) is 16.3. The average molecular weight is 362 g/mol. The molecule has 0 radical (unpaired) electrons. The summed E-state index contributed by atoms with van der Waals surface area (Å²) in [6.07, 6.45) is 6.77. The molecular formula is C27H24N+. The molecule has 0 atom stereocenters. The Bertz CT molecular complexity index is 1280. The number of aromatic nitrogens is 1. The molecule has 0 aliphatic heterocycles. The molecule has 0 saturated carbocycles. The molecule has 28 heavy (non-hydrogen) atoms. The number of rotatable bonds is 5. The van der Waals surface area contributed by atoms with Gasteiger partial charge in [-0.05, 0) is 49.0 Å². The van der Waals surface area contributed by atoms with Crippen molar-refractivity contribution in [3.63, 3.8) is 0 Å². The van der Waals surface area contributed by atoms with Crippen molar-refractivity contribution in [1.29, 1.82) is 0 Å². The zero-order chi connectivity index (χ0) is 19.1. The van der Waals surface area contributed by atoms with Gasteiger partial charge in [-0.1, -0.05) is 74.5 Å². The van der Waals surface area contributed by atoms with Gasteiger partial charge in [0.1, 0.15) is 6.54 Å². The van der Waals surface area contributed by atoms with Gasteiger partial charge in [-0.25, -0.2) is 4.57 Å². The monoisotopic (exact) mass is 362 g/mol. The van der Waals surface area contributed by atoms with Crippen molar-refractivity contribution < 1.29 is 4.57 Å². The van der Waals surface area contributed by atoms with Crippen molar-refractivity contribution in [2.75, 3.05) is 0 Å². The molecule has 0 amide bonds. The number of pyridine rings is 1. The van der Waals surface area contributed by atoms with E-state index in [1.54, 1.807) is 0 Å². The van der Waals surface area contributed by atoms with Crippen LogP contribution in [0.5, 0.6) is 0 Å². The quantitative estimate of drug-likeness (QED) is 0.241. The van der Waals surface area contributed by atoms with Crippen LogP contribution in [0.4, 0.5) is 0 Å². The first-order chi connectivity index (χ1) is 13.8. The third-order valence-corrected chi connectivity index (χ3v) is 5.86. The van der Waals surface area contributed by atoms with Crippen molar-refractivity contribution >= 4 is 37.9 Å². The van der Waals surface area contributed by atoms with E-state index >= 15 is 0 Å². The first-order valence-corrected chi connectivity index (χ1v) is 10.1. The maximum Gasteiger partial charge on any atom is 0.169 e. The van der Waals surface area contributed by atoms with E-state index in [-0.39, 0.29) is 0 Å². The minimum Gasteiger partial charge on any atom is -0.205 e. The smallest absolute Gasteiger partial charge is 0.169 e. The topological polar surface area (TPSA) is 3.88 Å². The molecule has 0 aliphatic carbocycles. The normalized spacial score (nSPS) is 11.6. The third kappa shape index (κ3) is 2.66. The summed E-state index contributed by atoms with van der Waals surface area (Å²) < 4.78 is 2.25. The molecule has 5 aromatic rings. The maximum atomic E-state index is 4.46. The Labute approximate surface area is 165 Å². The fraction of sp³-hybridized carbons (Fsp3) is 0.148. The first-order valence-electron chi connectivity index (χ1n) is 10.1. The number of benzene rings is 4. The van der Waals surface area contributed by atoms with Crippen LogP contribution in [0.3, 0.4) is 0 Å². The van der Waals surface area contributed by atoms with E-state index < -0.39 is 0 Å². The molecule has 5 rings (SSSR count). The van der Waals surface area contributed by atoms with Crippen LogP contribution in [0.2, 0.25) is 0 Å². The first kappa shape index (κ1) is 16.9. The molecule has 4 aromatic carbocycles. The van der Waals surface area contributed by atoms with Gasteiger partial charge in [0.15, 0.2) is 12.4 Å². The highest BCUT2D eigenvalue weighted by Gasteiger charge is 2.13. The van der Waals surface area contributed by atoms with Crippen LogP contribution in [-0.4, -0.2) is 0 Å². The zero-order valence-electron chi connectivity index (χ0n) is 16.3. The summed E-state index contributed by atoms with van der Waals surface area (Å²) >= 11 is 0. The van der Waals surface area contributed by atoms with Gasteiger partial charge in [0.25, 0.3) is 0 Å². The van der Waals surface area contributed by atoms with E-state index in [9.17, 15) is 0 Å². The molecule has 1 nitrogen and oxygen atoms in total. The van der Waals surface area contributed by atoms with Crippen LogP contribution in [0.1, 0.15) is 30.9 Å². The fourth-order valence-electron chi connectivity index (χ4n) is 4.30. The van der Waals surface area contributed by atoms with Gasteiger partial charge >= 0.3 is 0 Å². The summed E-state index contributed by atoms with van der Waals surface area (Å²) in [6.45, 7) is 7.76. The van der Waals surface area contributed by atoms with Crippen LogP contribution >= 0.6 is 0 Å². The molecule has 0 fully saturated rings. The van der Waals surface area contributed by atoms with Crippen LogP contribution < -0.4 is 4.57 Å². The van der Waals surface area contributed by atoms with Crippen LogP contribution in [0.15, 0.2) is 85.7 Å². The van der Waals surface area contributed by atoms with E-state index in [1.807, 2.05) is 0 Å². The second-order valence-corrected chi connectivity index (χ2v) is 7.63.